The van der Waals surface area contributed by atoms with Gasteiger partial charge >= 0.3 is 0 Å². The largest absolute Gasteiger partial charge is 0.507 e. The number of carbonyl (C=O) groups is 1. The number of carbonyl (C=O) groups excluding carboxylic acids is 1. The molecule has 2 aromatic rings. The number of hydrogen-bond acceptors (Lipinski definition) is 2. The summed E-state index contributed by atoms with van der Waals surface area (Å²) >= 11 is 0. The van der Waals surface area contributed by atoms with Crippen molar-refractivity contribution < 1.29 is 9.90 Å². The van der Waals surface area contributed by atoms with E-state index < -0.39 is 0 Å². The van der Waals surface area contributed by atoms with Crippen molar-refractivity contribution in [3.63, 3.8) is 0 Å². The number of benzene rings is 2. The van der Waals surface area contributed by atoms with E-state index in [-0.39, 0.29) is 17.1 Å². The maximum absolute atomic E-state index is 12.2. The molecule has 3 rings (SSSR count). The molecule has 2 N–H and O–H groups in total. The summed E-state index contributed by atoms with van der Waals surface area (Å²) in [5.41, 5.74) is 0.592. The van der Waals surface area contributed by atoms with E-state index in [2.05, 4.69) is 12.2 Å². The van der Waals surface area contributed by atoms with Gasteiger partial charge in [-0.2, -0.15) is 0 Å². The minimum Gasteiger partial charge on any atom is -0.507 e. The average Bonchev–Trinajstić information content (AvgIpc) is 2.42. The fourth-order valence-electron chi connectivity index (χ4n) is 2.76. The van der Waals surface area contributed by atoms with Crippen LogP contribution in [0.5, 0.6) is 5.75 Å². The lowest BCUT2D eigenvalue weighted by Gasteiger charge is -2.38. The molecule has 104 valence electrons. The first-order valence-electron chi connectivity index (χ1n) is 7.07. The molecule has 1 fully saturated rings. The van der Waals surface area contributed by atoms with E-state index in [9.17, 15) is 9.90 Å². The molecule has 0 radical (unpaired) electrons. The van der Waals surface area contributed by atoms with Crippen molar-refractivity contribution in [3.8, 4) is 5.75 Å². The van der Waals surface area contributed by atoms with E-state index in [1.165, 1.54) is 6.42 Å². The lowest BCUT2D eigenvalue weighted by atomic mass is 9.70. The van der Waals surface area contributed by atoms with Gasteiger partial charge in [-0.25, -0.2) is 0 Å². The normalized spacial score (nSPS) is 16.6. The SMILES string of the molecule is CC1(CNC(=O)c2cc3ccccc3cc2O)CCC1. The Labute approximate surface area is 118 Å². The van der Waals surface area contributed by atoms with Crippen LogP contribution < -0.4 is 5.32 Å². The van der Waals surface area contributed by atoms with Crippen molar-refractivity contribution in [2.75, 3.05) is 6.54 Å². The highest BCUT2D eigenvalue weighted by Crippen LogP contribution is 2.39. The summed E-state index contributed by atoms with van der Waals surface area (Å²) in [5, 5.41) is 14.9. The highest BCUT2D eigenvalue weighted by Gasteiger charge is 2.32. The molecule has 3 heteroatoms. The van der Waals surface area contributed by atoms with Crippen molar-refractivity contribution in [1.82, 2.24) is 5.32 Å². The summed E-state index contributed by atoms with van der Waals surface area (Å²) < 4.78 is 0. The van der Waals surface area contributed by atoms with E-state index in [1.54, 1.807) is 12.1 Å². The molecule has 0 bridgehead atoms. The summed E-state index contributed by atoms with van der Waals surface area (Å²) in [6.07, 6.45) is 3.57. The van der Waals surface area contributed by atoms with Crippen LogP contribution in [0.25, 0.3) is 10.8 Å². The number of hydrogen-bond donors (Lipinski definition) is 2. The van der Waals surface area contributed by atoms with E-state index in [0.29, 0.717) is 12.1 Å². The van der Waals surface area contributed by atoms with E-state index in [0.717, 1.165) is 23.6 Å². The summed E-state index contributed by atoms with van der Waals surface area (Å²) in [5.74, 6) is -0.152. The zero-order valence-corrected chi connectivity index (χ0v) is 11.6. The molecular formula is C17H19NO2. The third-order valence-corrected chi connectivity index (χ3v) is 4.35. The molecule has 0 saturated heterocycles. The second kappa shape index (κ2) is 4.82. The third-order valence-electron chi connectivity index (χ3n) is 4.35. The Morgan fingerprint density at radius 3 is 2.50 bits per heavy atom. The van der Waals surface area contributed by atoms with Gasteiger partial charge in [0.25, 0.3) is 5.91 Å². The molecule has 1 saturated carbocycles. The molecule has 0 unspecified atom stereocenters. The van der Waals surface area contributed by atoms with Crippen molar-refractivity contribution in [2.45, 2.75) is 26.2 Å². The summed E-state index contributed by atoms with van der Waals surface area (Å²) in [7, 11) is 0. The number of amides is 1. The smallest absolute Gasteiger partial charge is 0.255 e. The van der Waals surface area contributed by atoms with Crippen LogP contribution in [0.4, 0.5) is 0 Å². The number of phenolic OH excluding ortho intramolecular Hbond substituents is 1. The molecule has 0 spiro atoms. The molecule has 0 aromatic heterocycles. The zero-order valence-electron chi connectivity index (χ0n) is 11.6. The van der Waals surface area contributed by atoms with Gasteiger partial charge in [0.1, 0.15) is 5.75 Å². The number of phenols is 1. The Morgan fingerprint density at radius 2 is 1.90 bits per heavy atom. The van der Waals surface area contributed by atoms with Gasteiger partial charge in [0.15, 0.2) is 0 Å². The molecule has 0 heterocycles. The third kappa shape index (κ3) is 2.36. The Hall–Kier alpha value is -2.03. The van der Waals surface area contributed by atoms with Gasteiger partial charge < -0.3 is 10.4 Å². The summed E-state index contributed by atoms with van der Waals surface area (Å²) in [6, 6.07) is 11.1. The van der Waals surface area contributed by atoms with E-state index >= 15 is 0 Å². The lowest BCUT2D eigenvalue weighted by molar-refractivity contribution is 0.0888. The van der Waals surface area contributed by atoms with Gasteiger partial charge in [-0.15, -0.1) is 0 Å². The topological polar surface area (TPSA) is 49.3 Å². The van der Waals surface area contributed by atoms with Gasteiger partial charge in [0.05, 0.1) is 5.56 Å². The Kier molecular flexibility index (Phi) is 3.13. The highest BCUT2D eigenvalue weighted by atomic mass is 16.3. The maximum Gasteiger partial charge on any atom is 0.255 e. The minimum absolute atomic E-state index is 0.0416. The van der Waals surface area contributed by atoms with Crippen LogP contribution in [0.15, 0.2) is 36.4 Å². The molecular weight excluding hydrogens is 250 g/mol. The van der Waals surface area contributed by atoms with Crippen LogP contribution in [0, 0.1) is 5.41 Å². The highest BCUT2D eigenvalue weighted by molar-refractivity contribution is 6.01. The minimum atomic E-state index is -0.193. The molecule has 1 aliphatic carbocycles. The fraction of sp³-hybridized carbons (Fsp3) is 0.353. The van der Waals surface area contributed by atoms with Crippen LogP contribution in [-0.2, 0) is 0 Å². The predicted octanol–water partition coefficient (Wildman–Crippen LogP) is 3.47. The molecule has 0 atom stereocenters. The Bertz CT molecular complexity index is 659. The predicted molar refractivity (Wildman–Crippen MR) is 79.9 cm³/mol. The van der Waals surface area contributed by atoms with Crippen LogP contribution in [0.1, 0.15) is 36.5 Å². The van der Waals surface area contributed by atoms with Gasteiger partial charge in [0.2, 0.25) is 0 Å². The maximum atomic E-state index is 12.2. The standard InChI is InChI=1S/C17H19NO2/c1-17(7-4-8-17)11-18-16(20)14-9-12-5-2-3-6-13(12)10-15(14)19/h2-3,5-6,9-10,19H,4,7-8,11H2,1H3,(H,18,20). The Morgan fingerprint density at radius 1 is 1.25 bits per heavy atom. The first kappa shape index (κ1) is 13.0. The van der Waals surface area contributed by atoms with Gasteiger partial charge in [-0.1, -0.05) is 37.6 Å². The first-order chi connectivity index (χ1) is 9.57. The van der Waals surface area contributed by atoms with Crippen molar-refractivity contribution >= 4 is 16.7 Å². The van der Waals surface area contributed by atoms with Crippen LogP contribution in [0.2, 0.25) is 0 Å². The molecule has 0 aliphatic heterocycles. The van der Waals surface area contributed by atoms with Crippen molar-refractivity contribution in [2.24, 2.45) is 5.41 Å². The van der Waals surface area contributed by atoms with Gasteiger partial charge in [-0.3, -0.25) is 4.79 Å². The second-order valence-electron chi connectivity index (χ2n) is 6.06. The first-order valence-corrected chi connectivity index (χ1v) is 7.07. The van der Waals surface area contributed by atoms with Gasteiger partial charge in [0, 0.05) is 6.54 Å². The number of rotatable bonds is 3. The molecule has 1 aliphatic rings. The summed E-state index contributed by atoms with van der Waals surface area (Å²) in [4.78, 5) is 12.2. The van der Waals surface area contributed by atoms with Crippen LogP contribution >= 0.6 is 0 Å². The molecule has 1 amide bonds. The fourth-order valence-corrected chi connectivity index (χ4v) is 2.76. The van der Waals surface area contributed by atoms with E-state index in [4.69, 9.17) is 0 Å². The quantitative estimate of drug-likeness (QED) is 0.896. The molecule has 3 nitrogen and oxygen atoms in total. The summed E-state index contributed by atoms with van der Waals surface area (Å²) in [6.45, 7) is 2.87. The van der Waals surface area contributed by atoms with Crippen molar-refractivity contribution in [1.29, 1.82) is 0 Å². The molecule has 2 aromatic carbocycles. The second-order valence-corrected chi connectivity index (χ2v) is 6.06. The molecule has 20 heavy (non-hydrogen) atoms. The van der Waals surface area contributed by atoms with E-state index in [1.807, 2.05) is 24.3 Å². The van der Waals surface area contributed by atoms with Crippen LogP contribution in [0.3, 0.4) is 0 Å². The van der Waals surface area contributed by atoms with Crippen molar-refractivity contribution in [3.05, 3.63) is 42.0 Å². The Balaban J connectivity index is 1.81. The van der Waals surface area contributed by atoms with Crippen LogP contribution in [-0.4, -0.2) is 17.6 Å². The number of aromatic hydroxyl groups is 1. The monoisotopic (exact) mass is 269 g/mol. The average molecular weight is 269 g/mol. The number of nitrogens with one attached hydrogen (secondary N) is 1. The lowest BCUT2D eigenvalue weighted by Crippen LogP contribution is -2.39. The number of fused-ring (bicyclic) bond motifs is 1. The van der Waals surface area contributed by atoms with Gasteiger partial charge in [-0.05, 0) is 41.2 Å². The zero-order chi connectivity index (χ0) is 14.2.